The topological polar surface area (TPSA) is 24.9 Å². The standard InChI is InChI=1S/C17H30N2S/c1-6-16(4,5)14-8-10-17(11-9-14,18-7-2)15-19-13(3)12-20-15/h12,14,18H,6-11H2,1-5H3. The van der Waals surface area contributed by atoms with Crippen LogP contribution in [0.25, 0.3) is 0 Å². The van der Waals surface area contributed by atoms with E-state index in [9.17, 15) is 0 Å². The predicted octanol–water partition coefficient (Wildman–Crippen LogP) is 4.88. The Bertz CT molecular complexity index is 428. The first-order valence-electron chi connectivity index (χ1n) is 8.11. The largest absolute Gasteiger partial charge is 0.306 e. The summed E-state index contributed by atoms with van der Waals surface area (Å²) in [7, 11) is 0. The number of hydrogen-bond donors (Lipinski definition) is 1. The molecule has 3 heteroatoms. The number of aryl methyl sites for hydroxylation is 1. The maximum atomic E-state index is 4.79. The van der Waals surface area contributed by atoms with Crippen molar-refractivity contribution in [2.24, 2.45) is 11.3 Å². The van der Waals surface area contributed by atoms with Crippen molar-refractivity contribution < 1.29 is 0 Å². The zero-order chi connectivity index (χ0) is 14.8. The molecule has 1 aromatic heterocycles. The summed E-state index contributed by atoms with van der Waals surface area (Å²) in [5, 5.41) is 7.27. The molecule has 1 aliphatic rings. The fourth-order valence-electron chi connectivity index (χ4n) is 3.56. The third kappa shape index (κ3) is 3.09. The van der Waals surface area contributed by atoms with Crippen molar-refractivity contribution in [3.05, 3.63) is 16.1 Å². The summed E-state index contributed by atoms with van der Waals surface area (Å²) < 4.78 is 0. The molecule has 0 amide bonds. The van der Waals surface area contributed by atoms with Gasteiger partial charge in [0.15, 0.2) is 0 Å². The van der Waals surface area contributed by atoms with Gasteiger partial charge in [-0.25, -0.2) is 4.98 Å². The van der Waals surface area contributed by atoms with E-state index in [1.54, 1.807) is 0 Å². The number of rotatable bonds is 5. The summed E-state index contributed by atoms with van der Waals surface area (Å²) in [4.78, 5) is 4.79. The van der Waals surface area contributed by atoms with Crippen LogP contribution < -0.4 is 5.32 Å². The summed E-state index contributed by atoms with van der Waals surface area (Å²) in [5.41, 5.74) is 1.80. The highest BCUT2D eigenvalue weighted by molar-refractivity contribution is 7.09. The summed E-state index contributed by atoms with van der Waals surface area (Å²) >= 11 is 1.84. The molecule has 0 spiro atoms. The van der Waals surface area contributed by atoms with Crippen LogP contribution in [-0.4, -0.2) is 11.5 Å². The van der Waals surface area contributed by atoms with Crippen molar-refractivity contribution in [1.29, 1.82) is 0 Å². The van der Waals surface area contributed by atoms with Gasteiger partial charge in [0, 0.05) is 11.1 Å². The average Bonchev–Trinajstić information content (AvgIpc) is 2.87. The molecular weight excluding hydrogens is 264 g/mol. The van der Waals surface area contributed by atoms with Gasteiger partial charge in [-0.3, -0.25) is 0 Å². The predicted molar refractivity (Wildman–Crippen MR) is 88.2 cm³/mol. The van der Waals surface area contributed by atoms with Gasteiger partial charge in [0.05, 0.1) is 5.54 Å². The smallest absolute Gasteiger partial charge is 0.113 e. The van der Waals surface area contributed by atoms with Crippen molar-refractivity contribution >= 4 is 11.3 Å². The average molecular weight is 295 g/mol. The quantitative estimate of drug-likeness (QED) is 0.837. The van der Waals surface area contributed by atoms with E-state index in [2.05, 4.69) is 45.3 Å². The van der Waals surface area contributed by atoms with Crippen LogP contribution in [0.15, 0.2) is 5.38 Å². The molecule has 1 fully saturated rings. The van der Waals surface area contributed by atoms with Gasteiger partial charge in [-0.15, -0.1) is 11.3 Å². The maximum absolute atomic E-state index is 4.79. The lowest BCUT2D eigenvalue weighted by molar-refractivity contribution is 0.0984. The molecule has 1 heterocycles. The number of thiazole rings is 1. The Balaban J connectivity index is 2.14. The van der Waals surface area contributed by atoms with Crippen molar-refractivity contribution in [2.75, 3.05) is 6.54 Å². The van der Waals surface area contributed by atoms with Gasteiger partial charge < -0.3 is 5.32 Å². The van der Waals surface area contributed by atoms with E-state index in [0.29, 0.717) is 5.41 Å². The van der Waals surface area contributed by atoms with Crippen LogP contribution in [0, 0.1) is 18.3 Å². The van der Waals surface area contributed by atoms with Crippen LogP contribution in [0.5, 0.6) is 0 Å². The van der Waals surface area contributed by atoms with E-state index in [4.69, 9.17) is 4.98 Å². The molecule has 0 saturated heterocycles. The Morgan fingerprint density at radius 1 is 1.35 bits per heavy atom. The number of nitrogens with zero attached hydrogens (tertiary/aromatic N) is 1. The molecule has 1 N–H and O–H groups in total. The monoisotopic (exact) mass is 294 g/mol. The van der Waals surface area contributed by atoms with Crippen LogP contribution in [0.3, 0.4) is 0 Å². The number of nitrogens with one attached hydrogen (secondary N) is 1. The molecule has 0 atom stereocenters. The second kappa shape index (κ2) is 6.15. The molecule has 1 saturated carbocycles. The zero-order valence-corrected chi connectivity index (χ0v) is 14.6. The molecule has 20 heavy (non-hydrogen) atoms. The van der Waals surface area contributed by atoms with E-state index in [1.807, 2.05) is 11.3 Å². The first kappa shape index (κ1) is 16.0. The van der Waals surface area contributed by atoms with Gasteiger partial charge in [-0.1, -0.05) is 34.1 Å². The van der Waals surface area contributed by atoms with Gasteiger partial charge in [0.25, 0.3) is 0 Å². The fourth-order valence-corrected chi connectivity index (χ4v) is 4.59. The molecule has 0 radical (unpaired) electrons. The fraction of sp³-hybridized carbons (Fsp3) is 0.824. The highest BCUT2D eigenvalue weighted by Gasteiger charge is 2.41. The van der Waals surface area contributed by atoms with Crippen molar-refractivity contribution in [3.8, 4) is 0 Å². The van der Waals surface area contributed by atoms with Gasteiger partial charge in [0.1, 0.15) is 5.01 Å². The second-order valence-electron chi connectivity index (χ2n) is 7.02. The first-order chi connectivity index (χ1) is 9.43. The molecule has 0 aliphatic heterocycles. The lowest BCUT2D eigenvalue weighted by atomic mass is 9.65. The minimum atomic E-state index is 0.147. The third-order valence-corrected chi connectivity index (χ3v) is 6.56. The molecule has 2 rings (SSSR count). The summed E-state index contributed by atoms with van der Waals surface area (Å²) in [5.74, 6) is 0.861. The molecule has 2 nitrogen and oxygen atoms in total. The van der Waals surface area contributed by atoms with E-state index in [0.717, 1.165) is 12.5 Å². The number of aromatic nitrogens is 1. The van der Waals surface area contributed by atoms with Crippen LogP contribution in [0.4, 0.5) is 0 Å². The SMILES string of the molecule is CCNC1(c2nc(C)cs2)CCC(C(C)(C)CC)CC1. The van der Waals surface area contributed by atoms with Crippen molar-refractivity contribution in [1.82, 2.24) is 10.3 Å². The van der Waals surface area contributed by atoms with Crippen molar-refractivity contribution in [2.45, 2.75) is 72.3 Å². The summed E-state index contributed by atoms with van der Waals surface area (Å²) in [6.07, 6.45) is 6.41. The van der Waals surface area contributed by atoms with Gasteiger partial charge >= 0.3 is 0 Å². The van der Waals surface area contributed by atoms with Gasteiger partial charge in [0.2, 0.25) is 0 Å². The second-order valence-corrected chi connectivity index (χ2v) is 7.88. The van der Waals surface area contributed by atoms with Crippen LogP contribution in [0.1, 0.15) is 70.5 Å². The highest BCUT2D eigenvalue weighted by atomic mass is 32.1. The minimum Gasteiger partial charge on any atom is -0.306 e. The molecule has 0 bridgehead atoms. The van der Waals surface area contributed by atoms with E-state index < -0.39 is 0 Å². The Labute approximate surface area is 128 Å². The zero-order valence-electron chi connectivity index (χ0n) is 13.8. The molecule has 1 aliphatic carbocycles. The Kier molecular flexibility index (Phi) is 4.91. The Hall–Kier alpha value is -0.410. The lowest BCUT2D eigenvalue weighted by Gasteiger charge is -2.44. The molecule has 1 aromatic rings. The molecule has 114 valence electrons. The Morgan fingerprint density at radius 2 is 2.00 bits per heavy atom. The summed E-state index contributed by atoms with van der Waals surface area (Å²) in [6, 6.07) is 0. The maximum Gasteiger partial charge on any atom is 0.113 e. The van der Waals surface area contributed by atoms with Gasteiger partial charge in [-0.05, 0) is 50.5 Å². The Morgan fingerprint density at radius 3 is 2.45 bits per heavy atom. The minimum absolute atomic E-state index is 0.147. The summed E-state index contributed by atoms with van der Waals surface area (Å²) in [6.45, 7) is 12.5. The van der Waals surface area contributed by atoms with Gasteiger partial charge in [-0.2, -0.15) is 0 Å². The molecular formula is C17H30N2S. The van der Waals surface area contributed by atoms with Crippen molar-refractivity contribution in [3.63, 3.8) is 0 Å². The molecule has 0 unspecified atom stereocenters. The van der Waals surface area contributed by atoms with Crippen LogP contribution in [-0.2, 0) is 5.54 Å². The van der Waals surface area contributed by atoms with E-state index in [-0.39, 0.29) is 5.54 Å². The third-order valence-electron chi connectivity index (χ3n) is 5.40. The highest BCUT2D eigenvalue weighted by Crippen LogP contribution is 2.47. The van der Waals surface area contributed by atoms with E-state index in [1.165, 1.54) is 42.8 Å². The molecule has 0 aromatic carbocycles. The number of hydrogen-bond acceptors (Lipinski definition) is 3. The first-order valence-corrected chi connectivity index (χ1v) is 8.99. The van der Waals surface area contributed by atoms with Crippen LogP contribution >= 0.6 is 11.3 Å². The van der Waals surface area contributed by atoms with Crippen LogP contribution in [0.2, 0.25) is 0 Å². The normalized spacial score (nSPS) is 27.8. The lowest BCUT2D eigenvalue weighted by Crippen LogP contribution is -2.46. The van der Waals surface area contributed by atoms with E-state index >= 15 is 0 Å².